The average Bonchev–Trinajstić information content (AvgIpc) is 2.91. The van der Waals surface area contributed by atoms with E-state index >= 15 is 0 Å². The third-order valence-electron chi connectivity index (χ3n) is 3.34. The fourth-order valence-electron chi connectivity index (χ4n) is 2.20. The number of amides is 1. The molecule has 1 aliphatic heterocycles. The topological polar surface area (TPSA) is 78.4 Å². The minimum absolute atomic E-state index is 0.0168. The highest BCUT2D eigenvalue weighted by Gasteiger charge is 2.35. The molecule has 3 N–H and O–H groups in total. The standard InChI is InChI=1S/C11H18N2O3/c14-10(15)5-9(7-1-2-7)13-11(16)8-3-4-12-6-8/h7-9,12H,1-6H2,(H,13,16)(H,14,15). The van der Waals surface area contributed by atoms with E-state index in [4.69, 9.17) is 5.11 Å². The minimum atomic E-state index is -0.832. The first-order chi connectivity index (χ1) is 7.66. The molecule has 0 radical (unpaired) electrons. The Morgan fingerprint density at radius 2 is 2.12 bits per heavy atom. The summed E-state index contributed by atoms with van der Waals surface area (Å²) in [6, 6.07) is -0.161. The molecular formula is C11H18N2O3. The van der Waals surface area contributed by atoms with E-state index in [-0.39, 0.29) is 24.3 Å². The van der Waals surface area contributed by atoms with Gasteiger partial charge in [0.05, 0.1) is 12.3 Å². The Balaban J connectivity index is 1.84. The van der Waals surface area contributed by atoms with Crippen LogP contribution in [-0.4, -0.2) is 36.1 Å². The summed E-state index contributed by atoms with van der Waals surface area (Å²) >= 11 is 0. The van der Waals surface area contributed by atoms with Gasteiger partial charge in [-0.25, -0.2) is 0 Å². The van der Waals surface area contributed by atoms with Crippen LogP contribution in [0.15, 0.2) is 0 Å². The summed E-state index contributed by atoms with van der Waals surface area (Å²) in [6.07, 6.45) is 3.00. The van der Waals surface area contributed by atoms with Gasteiger partial charge in [0.25, 0.3) is 0 Å². The number of carboxylic acids is 1. The Labute approximate surface area is 94.6 Å². The fraction of sp³-hybridized carbons (Fsp3) is 0.818. The summed E-state index contributed by atoms with van der Waals surface area (Å²) in [4.78, 5) is 22.5. The van der Waals surface area contributed by atoms with E-state index in [2.05, 4.69) is 10.6 Å². The van der Waals surface area contributed by atoms with Gasteiger partial charge in [-0.2, -0.15) is 0 Å². The molecule has 1 amide bonds. The third-order valence-corrected chi connectivity index (χ3v) is 3.34. The van der Waals surface area contributed by atoms with Crippen LogP contribution in [0.1, 0.15) is 25.7 Å². The molecule has 2 fully saturated rings. The molecule has 0 bridgehead atoms. The zero-order valence-electron chi connectivity index (χ0n) is 9.24. The van der Waals surface area contributed by atoms with Crippen molar-refractivity contribution in [1.82, 2.24) is 10.6 Å². The minimum Gasteiger partial charge on any atom is -0.481 e. The maximum atomic E-state index is 11.8. The Bertz CT molecular complexity index is 283. The van der Waals surface area contributed by atoms with Crippen molar-refractivity contribution in [2.24, 2.45) is 11.8 Å². The number of aliphatic carboxylic acids is 1. The highest BCUT2D eigenvalue weighted by molar-refractivity contribution is 5.80. The average molecular weight is 226 g/mol. The molecular weight excluding hydrogens is 208 g/mol. The van der Waals surface area contributed by atoms with Crippen LogP contribution >= 0.6 is 0 Å². The predicted octanol–water partition coefficient (Wildman–Crippen LogP) is -0.0346. The molecule has 5 nitrogen and oxygen atoms in total. The Kier molecular flexibility index (Phi) is 3.43. The van der Waals surface area contributed by atoms with E-state index in [1.54, 1.807) is 0 Å². The van der Waals surface area contributed by atoms with Crippen molar-refractivity contribution in [3.63, 3.8) is 0 Å². The summed E-state index contributed by atoms with van der Waals surface area (Å²) < 4.78 is 0. The molecule has 90 valence electrons. The van der Waals surface area contributed by atoms with E-state index in [1.165, 1.54) is 0 Å². The molecule has 2 atom stereocenters. The summed E-state index contributed by atoms with van der Waals surface area (Å²) in [5, 5.41) is 14.8. The lowest BCUT2D eigenvalue weighted by molar-refractivity contribution is -0.138. The van der Waals surface area contributed by atoms with Crippen LogP contribution in [0.4, 0.5) is 0 Å². The first-order valence-electron chi connectivity index (χ1n) is 5.89. The van der Waals surface area contributed by atoms with Gasteiger partial charge < -0.3 is 15.7 Å². The second-order valence-electron chi connectivity index (χ2n) is 4.74. The first kappa shape index (κ1) is 11.4. The number of hydrogen-bond donors (Lipinski definition) is 3. The van der Waals surface area contributed by atoms with Gasteiger partial charge >= 0.3 is 5.97 Å². The first-order valence-corrected chi connectivity index (χ1v) is 5.89. The molecule has 1 saturated carbocycles. The molecule has 2 rings (SSSR count). The van der Waals surface area contributed by atoms with E-state index in [0.717, 1.165) is 32.4 Å². The molecule has 5 heteroatoms. The number of hydrogen-bond acceptors (Lipinski definition) is 3. The number of rotatable bonds is 5. The smallest absolute Gasteiger partial charge is 0.305 e. The van der Waals surface area contributed by atoms with E-state index < -0.39 is 5.97 Å². The van der Waals surface area contributed by atoms with Gasteiger partial charge in [0, 0.05) is 12.6 Å². The molecule has 1 heterocycles. The fourth-order valence-corrected chi connectivity index (χ4v) is 2.20. The molecule has 2 aliphatic rings. The monoisotopic (exact) mass is 226 g/mol. The van der Waals surface area contributed by atoms with E-state index in [0.29, 0.717) is 5.92 Å². The number of carboxylic acid groups (broad SMARTS) is 1. The number of carbonyl (C=O) groups excluding carboxylic acids is 1. The van der Waals surface area contributed by atoms with Gasteiger partial charge in [-0.1, -0.05) is 0 Å². The molecule has 2 unspecified atom stereocenters. The molecule has 1 saturated heterocycles. The van der Waals surface area contributed by atoms with Gasteiger partial charge in [0.1, 0.15) is 0 Å². The van der Waals surface area contributed by atoms with Gasteiger partial charge in [-0.15, -0.1) is 0 Å². The largest absolute Gasteiger partial charge is 0.481 e. The molecule has 16 heavy (non-hydrogen) atoms. The maximum absolute atomic E-state index is 11.8. The zero-order chi connectivity index (χ0) is 11.5. The molecule has 0 spiro atoms. The maximum Gasteiger partial charge on any atom is 0.305 e. The Morgan fingerprint density at radius 3 is 2.62 bits per heavy atom. The lowest BCUT2D eigenvalue weighted by Gasteiger charge is -2.18. The van der Waals surface area contributed by atoms with Crippen molar-refractivity contribution in [3.8, 4) is 0 Å². The number of carbonyl (C=O) groups is 2. The van der Waals surface area contributed by atoms with Crippen LogP contribution < -0.4 is 10.6 Å². The van der Waals surface area contributed by atoms with Crippen LogP contribution in [0.25, 0.3) is 0 Å². The highest BCUT2D eigenvalue weighted by atomic mass is 16.4. The van der Waals surface area contributed by atoms with Crippen molar-refractivity contribution in [3.05, 3.63) is 0 Å². The van der Waals surface area contributed by atoms with E-state index in [1.807, 2.05) is 0 Å². The SMILES string of the molecule is O=C(O)CC(NC(=O)C1CCNC1)C1CC1. The van der Waals surface area contributed by atoms with Gasteiger partial charge in [-0.3, -0.25) is 9.59 Å². The van der Waals surface area contributed by atoms with Crippen LogP contribution in [0.2, 0.25) is 0 Å². The van der Waals surface area contributed by atoms with Crippen LogP contribution in [0, 0.1) is 11.8 Å². The second-order valence-corrected chi connectivity index (χ2v) is 4.74. The summed E-state index contributed by atoms with van der Waals surface area (Å²) in [7, 11) is 0. The quantitative estimate of drug-likeness (QED) is 0.615. The summed E-state index contributed by atoms with van der Waals surface area (Å²) in [6.45, 7) is 1.60. The van der Waals surface area contributed by atoms with Crippen molar-refractivity contribution < 1.29 is 14.7 Å². The van der Waals surface area contributed by atoms with Gasteiger partial charge in [0.15, 0.2) is 0 Å². The van der Waals surface area contributed by atoms with Crippen molar-refractivity contribution in [1.29, 1.82) is 0 Å². The third kappa shape index (κ3) is 2.95. The van der Waals surface area contributed by atoms with E-state index in [9.17, 15) is 9.59 Å². The van der Waals surface area contributed by atoms with Gasteiger partial charge in [0.2, 0.25) is 5.91 Å². The number of nitrogens with one attached hydrogen (secondary N) is 2. The molecule has 0 aromatic carbocycles. The Morgan fingerprint density at radius 1 is 1.38 bits per heavy atom. The van der Waals surface area contributed by atoms with Crippen molar-refractivity contribution in [2.75, 3.05) is 13.1 Å². The zero-order valence-corrected chi connectivity index (χ0v) is 9.24. The second kappa shape index (κ2) is 4.82. The molecule has 0 aromatic heterocycles. The van der Waals surface area contributed by atoms with Crippen LogP contribution in [0.3, 0.4) is 0 Å². The Hall–Kier alpha value is -1.10. The van der Waals surface area contributed by atoms with Gasteiger partial charge in [-0.05, 0) is 31.7 Å². The normalized spacial score (nSPS) is 26.4. The predicted molar refractivity (Wildman–Crippen MR) is 57.9 cm³/mol. The molecule has 0 aromatic rings. The van der Waals surface area contributed by atoms with Crippen LogP contribution in [-0.2, 0) is 9.59 Å². The lowest BCUT2D eigenvalue weighted by Crippen LogP contribution is -2.42. The highest BCUT2D eigenvalue weighted by Crippen LogP contribution is 2.34. The summed E-state index contributed by atoms with van der Waals surface area (Å²) in [5.74, 6) is -0.408. The van der Waals surface area contributed by atoms with Crippen molar-refractivity contribution >= 4 is 11.9 Å². The summed E-state index contributed by atoms with van der Waals surface area (Å²) in [5.41, 5.74) is 0. The van der Waals surface area contributed by atoms with Crippen molar-refractivity contribution in [2.45, 2.75) is 31.7 Å². The molecule has 1 aliphatic carbocycles. The lowest BCUT2D eigenvalue weighted by atomic mass is 10.0. The van der Waals surface area contributed by atoms with Crippen LogP contribution in [0.5, 0.6) is 0 Å².